The molecule has 0 aliphatic rings. The minimum absolute atomic E-state index is 0.623. The molecule has 0 amide bonds. The van der Waals surface area contributed by atoms with Gasteiger partial charge in [-0.2, -0.15) is 0 Å². The normalized spacial score (nSPS) is 10.2. The average molecular weight is 271 g/mol. The lowest BCUT2D eigenvalue weighted by Crippen LogP contribution is -1.99. The van der Waals surface area contributed by atoms with Crippen molar-refractivity contribution in [2.24, 2.45) is 0 Å². The Morgan fingerprint density at radius 2 is 1.60 bits per heavy atom. The first-order valence-corrected chi connectivity index (χ1v) is 6.96. The van der Waals surface area contributed by atoms with Gasteiger partial charge in [0.25, 0.3) is 0 Å². The largest absolute Gasteiger partial charge is 0.494 e. The van der Waals surface area contributed by atoms with Crippen molar-refractivity contribution in [3.8, 4) is 11.5 Å². The lowest BCUT2D eigenvalue weighted by molar-refractivity contribution is 0.324. The van der Waals surface area contributed by atoms with Crippen molar-refractivity contribution >= 4 is 11.4 Å². The molecule has 0 spiro atoms. The van der Waals surface area contributed by atoms with Gasteiger partial charge in [-0.1, -0.05) is 17.7 Å². The highest BCUT2D eigenvalue weighted by Gasteiger charge is 2.06. The van der Waals surface area contributed by atoms with Gasteiger partial charge < -0.3 is 14.8 Å². The third-order valence-corrected chi connectivity index (χ3v) is 2.89. The van der Waals surface area contributed by atoms with Crippen molar-refractivity contribution in [1.82, 2.24) is 0 Å². The van der Waals surface area contributed by atoms with Crippen molar-refractivity contribution in [3.63, 3.8) is 0 Å². The van der Waals surface area contributed by atoms with Gasteiger partial charge in [-0.15, -0.1) is 0 Å². The van der Waals surface area contributed by atoms with E-state index in [9.17, 15) is 0 Å². The van der Waals surface area contributed by atoms with Gasteiger partial charge in [0.2, 0.25) is 0 Å². The van der Waals surface area contributed by atoms with Crippen molar-refractivity contribution < 1.29 is 9.47 Å². The summed E-state index contributed by atoms with van der Waals surface area (Å²) in [5, 5.41) is 3.37. The molecule has 0 saturated carbocycles. The van der Waals surface area contributed by atoms with Crippen LogP contribution in [-0.4, -0.2) is 13.2 Å². The predicted molar refractivity (Wildman–Crippen MR) is 83.2 cm³/mol. The van der Waals surface area contributed by atoms with E-state index in [2.05, 4.69) is 36.5 Å². The second-order valence-electron chi connectivity index (χ2n) is 4.52. The molecule has 1 N–H and O–H groups in total. The third kappa shape index (κ3) is 3.67. The van der Waals surface area contributed by atoms with E-state index in [1.807, 2.05) is 32.0 Å². The molecule has 0 heterocycles. The van der Waals surface area contributed by atoms with E-state index < -0.39 is 0 Å². The number of ether oxygens (including phenoxy) is 2. The van der Waals surface area contributed by atoms with Crippen molar-refractivity contribution in [2.45, 2.75) is 20.8 Å². The maximum absolute atomic E-state index is 5.68. The van der Waals surface area contributed by atoms with E-state index in [1.165, 1.54) is 5.56 Å². The van der Waals surface area contributed by atoms with E-state index in [0.717, 1.165) is 22.9 Å². The van der Waals surface area contributed by atoms with E-state index in [4.69, 9.17) is 9.47 Å². The molecule has 3 nitrogen and oxygen atoms in total. The summed E-state index contributed by atoms with van der Waals surface area (Å²) in [6.45, 7) is 7.29. The molecule has 3 heteroatoms. The van der Waals surface area contributed by atoms with Crippen LogP contribution in [-0.2, 0) is 0 Å². The molecule has 106 valence electrons. The lowest BCUT2D eigenvalue weighted by atomic mass is 10.2. The molecule has 0 radical (unpaired) electrons. The zero-order chi connectivity index (χ0) is 14.4. The van der Waals surface area contributed by atoms with E-state index in [1.54, 1.807) is 0 Å². The number of aryl methyl sites for hydroxylation is 1. The van der Waals surface area contributed by atoms with Crippen LogP contribution in [0.2, 0.25) is 0 Å². The Hall–Kier alpha value is -2.16. The number of nitrogens with one attached hydrogen (secondary N) is 1. The fourth-order valence-electron chi connectivity index (χ4n) is 1.93. The van der Waals surface area contributed by atoms with Gasteiger partial charge in [-0.05, 0) is 45.0 Å². The van der Waals surface area contributed by atoms with Crippen LogP contribution in [0.3, 0.4) is 0 Å². The van der Waals surface area contributed by atoms with Crippen LogP contribution in [0, 0.1) is 6.92 Å². The first-order valence-electron chi connectivity index (χ1n) is 6.96. The standard InChI is InChI=1S/C17H21NO2/c1-4-19-15-10-11-16(17(12-15)20-5-2)18-14-8-6-13(3)7-9-14/h6-12,18H,4-5H2,1-3H3. The van der Waals surface area contributed by atoms with Crippen LogP contribution in [0.5, 0.6) is 11.5 Å². The summed E-state index contributed by atoms with van der Waals surface area (Å²) >= 11 is 0. The van der Waals surface area contributed by atoms with Gasteiger partial charge in [-0.3, -0.25) is 0 Å². The molecular formula is C17H21NO2. The van der Waals surface area contributed by atoms with Crippen LogP contribution in [0.1, 0.15) is 19.4 Å². The highest BCUT2D eigenvalue weighted by Crippen LogP contribution is 2.32. The summed E-state index contributed by atoms with van der Waals surface area (Å²) in [7, 11) is 0. The van der Waals surface area contributed by atoms with Gasteiger partial charge in [-0.25, -0.2) is 0 Å². The molecule has 2 aromatic rings. The minimum atomic E-state index is 0.623. The summed E-state index contributed by atoms with van der Waals surface area (Å²) < 4.78 is 11.2. The van der Waals surface area contributed by atoms with Gasteiger partial charge >= 0.3 is 0 Å². The quantitative estimate of drug-likeness (QED) is 0.837. The Morgan fingerprint density at radius 3 is 2.25 bits per heavy atom. The molecule has 2 rings (SSSR count). The zero-order valence-corrected chi connectivity index (χ0v) is 12.3. The van der Waals surface area contributed by atoms with Crippen LogP contribution in [0.25, 0.3) is 0 Å². The Bertz CT molecular complexity index is 549. The Morgan fingerprint density at radius 1 is 0.900 bits per heavy atom. The summed E-state index contributed by atoms with van der Waals surface area (Å²) in [5.74, 6) is 1.63. The molecule has 0 atom stereocenters. The summed E-state index contributed by atoms with van der Waals surface area (Å²) in [6.07, 6.45) is 0. The monoisotopic (exact) mass is 271 g/mol. The molecule has 2 aromatic carbocycles. The molecule has 0 saturated heterocycles. The topological polar surface area (TPSA) is 30.5 Å². The van der Waals surface area contributed by atoms with Crippen LogP contribution in [0.4, 0.5) is 11.4 Å². The average Bonchev–Trinajstić information content (AvgIpc) is 2.45. The van der Waals surface area contributed by atoms with Crippen molar-refractivity contribution in [3.05, 3.63) is 48.0 Å². The number of benzene rings is 2. The minimum Gasteiger partial charge on any atom is -0.494 e. The lowest BCUT2D eigenvalue weighted by Gasteiger charge is -2.14. The van der Waals surface area contributed by atoms with Crippen LogP contribution >= 0.6 is 0 Å². The fraction of sp³-hybridized carbons (Fsp3) is 0.294. The highest BCUT2D eigenvalue weighted by molar-refractivity contribution is 5.67. The summed E-state index contributed by atoms with van der Waals surface area (Å²) in [5.41, 5.74) is 3.23. The maximum atomic E-state index is 5.68. The van der Waals surface area contributed by atoms with E-state index in [0.29, 0.717) is 13.2 Å². The van der Waals surface area contributed by atoms with Gasteiger partial charge in [0.1, 0.15) is 11.5 Å². The zero-order valence-electron chi connectivity index (χ0n) is 12.3. The SMILES string of the molecule is CCOc1ccc(Nc2ccc(C)cc2)c(OCC)c1. The van der Waals surface area contributed by atoms with Crippen LogP contribution < -0.4 is 14.8 Å². The highest BCUT2D eigenvalue weighted by atomic mass is 16.5. The molecule has 0 unspecified atom stereocenters. The Labute approximate surface area is 120 Å². The van der Waals surface area contributed by atoms with Crippen LogP contribution in [0.15, 0.2) is 42.5 Å². The number of rotatable bonds is 6. The molecular weight excluding hydrogens is 250 g/mol. The molecule has 0 bridgehead atoms. The maximum Gasteiger partial charge on any atom is 0.146 e. The van der Waals surface area contributed by atoms with Crippen molar-refractivity contribution in [1.29, 1.82) is 0 Å². The van der Waals surface area contributed by atoms with E-state index >= 15 is 0 Å². The van der Waals surface area contributed by atoms with Crippen molar-refractivity contribution in [2.75, 3.05) is 18.5 Å². The fourth-order valence-corrected chi connectivity index (χ4v) is 1.93. The van der Waals surface area contributed by atoms with Gasteiger partial charge in [0.05, 0.1) is 18.9 Å². The third-order valence-electron chi connectivity index (χ3n) is 2.89. The second-order valence-corrected chi connectivity index (χ2v) is 4.52. The summed E-state index contributed by atoms with van der Waals surface area (Å²) in [4.78, 5) is 0. The summed E-state index contributed by atoms with van der Waals surface area (Å²) in [6, 6.07) is 14.1. The number of hydrogen-bond donors (Lipinski definition) is 1. The Kier molecular flexibility index (Phi) is 4.88. The smallest absolute Gasteiger partial charge is 0.146 e. The number of hydrogen-bond acceptors (Lipinski definition) is 3. The van der Waals surface area contributed by atoms with Gasteiger partial charge in [0, 0.05) is 11.8 Å². The van der Waals surface area contributed by atoms with Gasteiger partial charge in [0.15, 0.2) is 0 Å². The molecule has 0 aliphatic carbocycles. The molecule has 20 heavy (non-hydrogen) atoms. The first kappa shape index (κ1) is 14.3. The second kappa shape index (κ2) is 6.85. The first-order chi connectivity index (χ1) is 9.72. The predicted octanol–water partition coefficient (Wildman–Crippen LogP) is 4.54. The van der Waals surface area contributed by atoms with E-state index in [-0.39, 0.29) is 0 Å². The molecule has 0 aromatic heterocycles. The molecule has 0 fully saturated rings. The number of anilines is 2. The molecule has 0 aliphatic heterocycles. The Balaban J connectivity index is 2.23.